The molecule has 1 amide bonds. The van der Waals surface area contributed by atoms with E-state index in [1.165, 1.54) is 4.88 Å². The van der Waals surface area contributed by atoms with Gasteiger partial charge in [-0.05, 0) is 18.6 Å². The number of hydrogen-bond acceptors (Lipinski definition) is 4. The molecule has 0 spiro atoms. The molecule has 2 unspecified atom stereocenters. The molecule has 1 aliphatic rings. The number of aryl methyl sites for hydroxylation is 1. The van der Waals surface area contributed by atoms with Gasteiger partial charge in [-0.1, -0.05) is 6.92 Å². The van der Waals surface area contributed by atoms with Crippen LogP contribution in [0.25, 0.3) is 0 Å². The Hall–Kier alpha value is -1.40. The molecule has 2 heterocycles. The lowest BCUT2D eigenvalue weighted by Gasteiger charge is -2.25. The van der Waals surface area contributed by atoms with Crippen molar-refractivity contribution in [3.63, 3.8) is 0 Å². The monoisotopic (exact) mass is 297 g/mol. The summed E-state index contributed by atoms with van der Waals surface area (Å²) in [5.41, 5.74) is 0. The van der Waals surface area contributed by atoms with E-state index < -0.39 is 11.9 Å². The number of thiophene rings is 1. The van der Waals surface area contributed by atoms with E-state index in [4.69, 9.17) is 4.74 Å². The first kappa shape index (κ1) is 15.0. The summed E-state index contributed by atoms with van der Waals surface area (Å²) >= 11 is 1.59. The number of likely N-dealkylation sites (tertiary alicyclic amines) is 1. The SMILES string of the molecule is CCc1ccc(C2C(C(=O)O)CC(=O)N2CCOC)s1. The van der Waals surface area contributed by atoms with Crippen LogP contribution in [0.15, 0.2) is 12.1 Å². The van der Waals surface area contributed by atoms with Gasteiger partial charge < -0.3 is 14.7 Å². The Morgan fingerprint density at radius 1 is 1.55 bits per heavy atom. The van der Waals surface area contributed by atoms with Gasteiger partial charge in [0, 0.05) is 29.8 Å². The topological polar surface area (TPSA) is 66.8 Å². The van der Waals surface area contributed by atoms with E-state index in [2.05, 4.69) is 6.92 Å². The van der Waals surface area contributed by atoms with Crippen LogP contribution >= 0.6 is 11.3 Å². The van der Waals surface area contributed by atoms with Crippen molar-refractivity contribution in [2.24, 2.45) is 5.92 Å². The molecule has 6 heteroatoms. The van der Waals surface area contributed by atoms with Crippen LogP contribution in [-0.4, -0.2) is 42.1 Å². The molecule has 0 bridgehead atoms. The van der Waals surface area contributed by atoms with Crippen LogP contribution in [-0.2, 0) is 20.7 Å². The van der Waals surface area contributed by atoms with Crippen molar-refractivity contribution < 1.29 is 19.4 Å². The standard InChI is InChI=1S/C14H19NO4S/c1-3-9-4-5-11(20-9)13-10(14(17)18)8-12(16)15(13)6-7-19-2/h4-5,10,13H,3,6-8H2,1-2H3,(H,17,18). The fourth-order valence-electron chi connectivity index (χ4n) is 2.56. The Morgan fingerprint density at radius 2 is 2.30 bits per heavy atom. The number of hydrogen-bond donors (Lipinski definition) is 1. The summed E-state index contributed by atoms with van der Waals surface area (Å²) in [4.78, 5) is 27.3. The van der Waals surface area contributed by atoms with Crippen LogP contribution in [0.3, 0.4) is 0 Å². The molecular weight excluding hydrogens is 278 g/mol. The van der Waals surface area contributed by atoms with Gasteiger partial charge in [0.15, 0.2) is 0 Å². The Bertz CT molecular complexity index is 499. The Labute approximate surface area is 122 Å². The zero-order valence-corrected chi connectivity index (χ0v) is 12.5. The number of carbonyl (C=O) groups excluding carboxylic acids is 1. The van der Waals surface area contributed by atoms with E-state index in [0.717, 1.165) is 11.3 Å². The fourth-order valence-corrected chi connectivity index (χ4v) is 3.69. The molecule has 20 heavy (non-hydrogen) atoms. The molecule has 0 radical (unpaired) electrons. The van der Waals surface area contributed by atoms with E-state index >= 15 is 0 Å². The largest absolute Gasteiger partial charge is 0.481 e. The summed E-state index contributed by atoms with van der Waals surface area (Å²) < 4.78 is 5.02. The molecule has 0 aromatic carbocycles. The van der Waals surface area contributed by atoms with Crippen LogP contribution in [0.5, 0.6) is 0 Å². The summed E-state index contributed by atoms with van der Waals surface area (Å²) in [7, 11) is 1.57. The van der Waals surface area contributed by atoms with Gasteiger partial charge in [0.05, 0.1) is 18.6 Å². The summed E-state index contributed by atoms with van der Waals surface area (Å²) in [6, 6.07) is 3.60. The van der Waals surface area contributed by atoms with Crippen LogP contribution in [0.2, 0.25) is 0 Å². The lowest BCUT2D eigenvalue weighted by atomic mass is 9.99. The van der Waals surface area contributed by atoms with Gasteiger partial charge in [-0.15, -0.1) is 11.3 Å². The van der Waals surface area contributed by atoms with Gasteiger partial charge in [-0.2, -0.15) is 0 Å². The number of aliphatic carboxylic acids is 1. The Balaban J connectivity index is 2.29. The lowest BCUT2D eigenvalue weighted by molar-refractivity contribution is -0.142. The average Bonchev–Trinajstić information content (AvgIpc) is 3.00. The number of rotatable bonds is 6. The maximum Gasteiger partial charge on any atom is 0.309 e. The second-order valence-corrected chi connectivity index (χ2v) is 6.03. The summed E-state index contributed by atoms with van der Waals surface area (Å²) in [5.74, 6) is -1.68. The average molecular weight is 297 g/mol. The molecule has 1 aliphatic heterocycles. The van der Waals surface area contributed by atoms with Gasteiger partial charge in [0.25, 0.3) is 0 Å². The number of nitrogens with zero attached hydrogens (tertiary/aromatic N) is 1. The number of methoxy groups -OCH3 is 1. The predicted octanol–water partition coefficient (Wildman–Crippen LogP) is 1.93. The molecule has 1 saturated heterocycles. The normalized spacial score (nSPS) is 22.5. The highest BCUT2D eigenvalue weighted by Crippen LogP contribution is 2.41. The van der Waals surface area contributed by atoms with Crippen LogP contribution in [0.4, 0.5) is 0 Å². The van der Waals surface area contributed by atoms with Gasteiger partial charge in [-0.25, -0.2) is 0 Å². The quantitative estimate of drug-likeness (QED) is 0.871. The van der Waals surface area contributed by atoms with E-state index in [-0.39, 0.29) is 18.4 Å². The van der Waals surface area contributed by atoms with Gasteiger partial charge in [-0.3, -0.25) is 9.59 Å². The van der Waals surface area contributed by atoms with E-state index in [0.29, 0.717) is 13.2 Å². The molecule has 110 valence electrons. The predicted molar refractivity (Wildman–Crippen MR) is 75.8 cm³/mol. The van der Waals surface area contributed by atoms with Gasteiger partial charge in [0.1, 0.15) is 0 Å². The first-order valence-corrected chi connectivity index (χ1v) is 7.50. The van der Waals surface area contributed by atoms with Gasteiger partial charge in [0.2, 0.25) is 5.91 Å². The highest BCUT2D eigenvalue weighted by molar-refractivity contribution is 7.12. The number of ether oxygens (including phenoxy) is 1. The number of carboxylic acid groups (broad SMARTS) is 1. The zero-order chi connectivity index (χ0) is 14.7. The molecule has 1 N–H and O–H groups in total. The lowest BCUT2D eigenvalue weighted by Crippen LogP contribution is -2.32. The number of carboxylic acids is 1. The van der Waals surface area contributed by atoms with Crippen molar-refractivity contribution in [1.29, 1.82) is 0 Å². The molecule has 2 atom stereocenters. The summed E-state index contributed by atoms with van der Waals surface area (Å²) in [6.45, 7) is 2.91. The molecule has 5 nitrogen and oxygen atoms in total. The second kappa shape index (κ2) is 6.37. The molecule has 0 aliphatic carbocycles. The summed E-state index contributed by atoms with van der Waals surface area (Å²) in [6.07, 6.45) is 0.990. The molecule has 0 saturated carbocycles. The van der Waals surface area contributed by atoms with Crippen molar-refractivity contribution in [2.45, 2.75) is 25.8 Å². The maximum absolute atomic E-state index is 12.1. The minimum atomic E-state index is -0.908. The molecule has 1 aromatic heterocycles. The first-order chi connectivity index (χ1) is 9.58. The number of carbonyl (C=O) groups is 2. The molecule has 2 rings (SSSR count). The third kappa shape index (κ3) is 2.86. The van der Waals surface area contributed by atoms with E-state index in [1.807, 2.05) is 12.1 Å². The van der Waals surface area contributed by atoms with E-state index in [9.17, 15) is 14.7 Å². The maximum atomic E-state index is 12.1. The number of amides is 1. The third-order valence-corrected chi connectivity index (χ3v) is 4.91. The summed E-state index contributed by atoms with van der Waals surface area (Å²) in [5, 5.41) is 9.36. The van der Waals surface area contributed by atoms with E-state index in [1.54, 1.807) is 23.3 Å². The van der Waals surface area contributed by atoms with Crippen LogP contribution in [0.1, 0.15) is 29.1 Å². The second-order valence-electron chi connectivity index (χ2n) is 4.83. The Morgan fingerprint density at radius 3 is 2.85 bits per heavy atom. The first-order valence-electron chi connectivity index (χ1n) is 6.68. The van der Waals surface area contributed by atoms with Crippen molar-refractivity contribution in [1.82, 2.24) is 4.90 Å². The van der Waals surface area contributed by atoms with Crippen LogP contribution in [0, 0.1) is 5.92 Å². The smallest absolute Gasteiger partial charge is 0.309 e. The van der Waals surface area contributed by atoms with Crippen molar-refractivity contribution >= 4 is 23.2 Å². The third-order valence-electron chi connectivity index (χ3n) is 3.61. The molecular formula is C14H19NO4S. The van der Waals surface area contributed by atoms with Crippen molar-refractivity contribution in [3.8, 4) is 0 Å². The Kier molecular flexibility index (Phi) is 4.77. The fraction of sp³-hybridized carbons (Fsp3) is 0.571. The van der Waals surface area contributed by atoms with Gasteiger partial charge >= 0.3 is 5.97 Å². The molecule has 1 fully saturated rings. The molecule has 1 aromatic rings. The zero-order valence-electron chi connectivity index (χ0n) is 11.7. The highest BCUT2D eigenvalue weighted by atomic mass is 32.1. The highest BCUT2D eigenvalue weighted by Gasteiger charge is 2.45. The van der Waals surface area contributed by atoms with Crippen LogP contribution < -0.4 is 0 Å². The minimum absolute atomic E-state index is 0.0725. The van der Waals surface area contributed by atoms with Crippen molar-refractivity contribution in [2.75, 3.05) is 20.3 Å². The van der Waals surface area contributed by atoms with Crippen molar-refractivity contribution in [3.05, 3.63) is 21.9 Å². The minimum Gasteiger partial charge on any atom is -0.481 e.